The van der Waals surface area contributed by atoms with E-state index in [2.05, 4.69) is 5.32 Å². The quantitative estimate of drug-likeness (QED) is 0.824. The number of anilines is 1. The summed E-state index contributed by atoms with van der Waals surface area (Å²) in [5.74, 6) is -1.13. The minimum absolute atomic E-state index is 0.138. The van der Waals surface area contributed by atoms with Gasteiger partial charge in [0.2, 0.25) is 11.8 Å². The lowest BCUT2D eigenvalue weighted by molar-refractivity contribution is -0.134. The zero-order valence-corrected chi connectivity index (χ0v) is 14.0. The molecule has 1 aromatic rings. The number of hydrogen-bond acceptors (Lipinski definition) is 2. The van der Waals surface area contributed by atoms with Crippen LogP contribution < -0.4 is 5.32 Å². The second kappa shape index (κ2) is 6.21. The van der Waals surface area contributed by atoms with E-state index in [9.17, 15) is 9.59 Å². The number of likely N-dealkylation sites (N-methyl/N-ethyl adjacent to an activating group) is 1. The van der Waals surface area contributed by atoms with Crippen molar-refractivity contribution in [3.05, 3.63) is 28.2 Å². The van der Waals surface area contributed by atoms with Crippen LogP contribution in [0, 0.1) is 5.92 Å². The SMILES string of the molecule is CN(CC(=O)Nc1c(Cl)cccc1Cl)C(=O)C1CC1(Cl)Cl. The largest absolute Gasteiger partial charge is 0.336 e. The second-order valence-corrected chi connectivity index (χ2v) is 7.21. The van der Waals surface area contributed by atoms with Gasteiger partial charge in [-0.15, -0.1) is 23.2 Å². The molecule has 0 heterocycles. The molecule has 0 aromatic heterocycles. The minimum atomic E-state index is -1.01. The highest BCUT2D eigenvalue weighted by Crippen LogP contribution is 2.53. The van der Waals surface area contributed by atoms with Crippen LogP contribution in [0.3, 0.4) is 0 Å². The molecule has 8 heteroatoms. The Morgan fingerprint density at radius 1 is 1.33 bits per heavy atom. The van der Waals surface area contributed by atoms with E-state index >= 15 is 0 Å². The highest BCUT2D eigenvalue weighted by molar-refractivity contribution is 6.52. The number of benzene rings is 1. The van der Waals surface area contributed by atoms with Crippen molar-refractivity contribution in [1.29, 1.82) is 0 Å². The van der Waals surface area contributed by atoms with Gasteiger partial charge in [0.15, 0.2) is 0 Å². The van der Waals surface area contributed by atoms with Gasteiger partial charge >= 0.3 is 0 Å². The molecular formula is C13H12Cl4N2O2. The maximum atomic E-state index is 12.0. The van der Waals surface area contributed by atoms with Crippen LogP contribution in [0.1, 0.15) is 6.42 Å². The third-order valence-electron chi connectivity index (χ3n) is 3.11. The predicted octanol–water partition coefficient (Wildman–Crippen LogP) is 3.58. The summed E-state index contributed by atoms with van der Waals surface area (Å²) in [5.41, 5.74) is 0.321. The van der Waals surface area contributed by atoms with Crippen LogP contribution in [-0.4, -0.2) is 34.6 Å². The van der Waals surface area contributed by atoms with Crippen molar-refractivity contribution in [3.8, 4) is 0 Å². The summed E-state index contributed by atoms with van der Waals surface area (Å²) in [7, 11) is 1.51. The Bertz CT molecular complexity index is 571. The number of nitrogens with one attached hydrogen (secondary N) is 1. The average Bonchev–Trinajstić information content (AvgIpc) is 3.02. The Balaban J connectivity index is 1.94. The van der Waals surface area contributed by atoms with Crippen molar-refractivity contribution >= 4 is 63.9 Å². The summed E-state index contributed by atoms with van der Waals surface area (Å²) in [5, 5.41) is 3.23. The number of alkyl halides is 2. The van der Waals surface area contributed by atoms with E-state index < -0.39 is 16.2 Å². The van der Waals surface area contributed by atoms with Gasteiger partial charge < -0.3 is 10.2 Å². The maximum Gasteiger partial charge on any atom is 0.244 e. The van der Waals surface area contributed by atoms with Gasteiger partial charge in [-0.3, -0.25) is 9.59 Å². The first-order chi connectivity index (χ1) is 9.72. The maximum absolute atomic E-state index is 12.0. The van der Waals surface area contributed by atoms with Gasteiger partial charge in [-0.2, -0.15) is 0 Å². The molecule has 1 fully saturated rings. The van der Waals surface area contributed by atoms with Crippen molar-refractivity contribution in [2.75, 3.05) is 18.9 Å². The lowest BCUT2D eigenvalue weighted by Crippen LogP contribution is -2.36. The minimum Gasteiger partial charge on any atom is -0.336 e. The number of carbonyl (C=O) groups excluding carboxylic acids is 2. The monoisotopic (exact) mass is 368 g/mol. The fourth-order valence-corrected chi connectivity index (χ4v) is 2.82. The van der Waals surface area contributed by atoms with Gasteiger partial charge in [0.05, 0.1) is 28.2 Å². The van der Waals surface area contributed by atoms with E-state index in [-0.39, 0.29) is 12.5 Å². The van der Waals surface area contributed by atoms with Crippen LogP contribution in [0.15, 0.2) is 18.2 Å². The van der Waals surface area contributed by atoms with E-state index in [1.807, 2.05) is 0 Å². The molecular weight excluding hydrogens is 358 g/mol. The van der Waals surface area contributed by atoms with Gasteiger partial charge in [0, 0.05) is 7.05 Å². The van der Waals surface area contributed by atoms with Crippen molar-refractivity contribution in [2.24, 2.45) is 5.92 Å². The standard InChI is InChI=1S/C13H12Cl4N2O2/c1-19(12(21)7-5-13(7,16)17)6-10(20)18-11-8(14)3-2-4-9(11)15/h2-4,7H,5-6H2,1H3,(H,18,20). The predicted molar refractivity (Wildman–Crippen MR) is 85.3 cm³/mol. The number of nitrogens with zero attached hydrogens (tertiary/aromatic N) is 1. The third kappa shape index (κ3) is 3.95. The molecule has 21 heavy (non-hydrogen) atoms. The van der Waals surface area contributed by atoms with Gasteiger partial charge in [-0.1, -0.05) is 29.3 Å². The first kappa shape index (κ1) is 16.7. The average molecular weight is 370 g/mol. The number of hydrogen-bond donors (Lipinski definition) is 1. The number of amides is 2. The molecule has 1 aromatic carbocycles. The second-order valence-electron chi connectivity index (χ2n) is 4.86. The van der Waals surface area contributed by atoms with Crippen LogP contribution in [0.25, 0.3) is 0 Å². The molecule has 0 radical (unpaired) electrons. The lowest BCUT2D eigenvalue weighted by Gasteiger charge is -2.17. The fourth-order valence-electron chi connectivity index (χ4n) is 1.84. The van der Waals surface area contributed by atoms with E-state index in [1.54, 1.807) is 18.2 Å². The number of para-hydroxylation sites is 1. The Labute approximate surface area is 142 Å². The molecule has 1 unspecified atom stereocenters. The van der Waals surface area contributed by atoms with E-state index in [0.717, 1.165) is 0 Å². The van der Waals surface area contributed by atoms with E-state index in [1.165, 1.54) is 11.9 Å². The van der Waals surface area contributed by atoms with Crippen LogP contribution in [0.2, 0.25) is 10.0 Å². The summed E-state index contributed by atoms with van der Waals surface area (Å²) >= 11 is 23.6. The molecule has 1 saturated carbocycles. The molecule has 0 bridgehead atoms. The van der Waals surface area contributed by atoms with Gasteiger partial charge in [-0.05, 0) is 18.6 Å². The van der Waals surface area contributed by atoms with Crippen LogP contribution in [0.5, 0.6) is 0 Å². The summed E-state index contributed by atoms with van der Waals surface area (Å²) in [6.45, 7) is -0.138. The highest BCUT2D eigenvalue weighted by atomic mass is 35.5. The van der Waals surface area contributed by atoms with E-state index in [0.29, 0.717) is 22.2 Å². The van der Waals surface area contributed by atoms with Crippen molar-refractivity contribution < 1.29 is 9.59 Å². The number of carbonyl (C=O) groups is 2. The Hall–Kier alpha value is -0.680. The first-order valence-corrected chi connectivity index (χ1v) is 7.60. The zero-order chi connectivity index (χ0) is 15.8. The van der Waals surface area contributed by atoms with Crippen molar-refractivity contribution in [3.63, 3.8) is 0 Å². The molecule has 2 amide bonds. The third-order valence-corrected chi connectivity index (χ3v) is 4.57. The number of halogens is 4. The molecule has 1 N–H and O–H groups in total. The molecule has 0 aliphatic heterocycles. The van der Waals surface area contributed by atoms with Gasteiger partial charge in [-0.25, -0.2) is 0 Å². The summed E-state index contributed by atoms with van der Waals surface area (Å²) in [4.78, 5) is 25.2. The highest BCUT2D eigenvalue weighted by Gasteiger charge is 2.57. The van der Waals surface area contributed by atoms with Crippen LogP contribution in [-0.2, 0) is 9.59 Å². The van der Waals surface area contributed by atoms with E-state index in [4.69, 9.17) is 46.4 Å². The molecule has 2 rings (SSSR count). The first-order valence-electron chi connectivity index (χ1n) is 6.09. The normalized spacial score (nSPS) is 19.0. The molecule has 1 atom stereocenters. The number of rotatable bonds is 4. The van der Waals surface area contributed by atoms with Gasteiger partial charge in [0.1, 0.15) is 4.33 Å². The van der Waals surface area contributed by atoms with Crippen LogP contribution in [0.4, 0.5) is 5.69 Å². The summed E-state index contributed by atoms with van der Waals surface area (Å²) < 4.78 is -1.01. The zero-order valence-electron chi connectivity index (χ0n) is 11.0. The Kier molecular flexibility index (Phi) is 4.93. The molecule has 0 saturated heterocycles. The smallest absolute Gasteiger partial charge is 0.244 e. The molecule has 1 aliphatic rings. The topological polar surface area (TPSA) is 49.4 Å². The molecule has 0 spiro atoms. The summed E-state index contributed by atoms with van der Waals surface area (Å²) in [6, 6.07) is 4.89. The molecule has 114 valence electrons. The van der Waals surface area contributed by atoms with Crippen LogP contribution >= 0.6 is 46.4 Å². The van der Waals surface area contributed by atoms with Crippen molar-refractivity contribution in [2.45, 2.75) is 10.8 Å². The lowest BCUT2D eigenvalue weighted by atomic mass is 10.3. The molecule has 4 nitrogen and oxygen atoms in total. The van der Waals surface area contributed by atoms with Crippen molar-refractivity contribution in [1.82, 2.24) is 4.90 Å². The Morgan fingerprint density at radius 2 is 1.86 bits per heavy atom. The molecule has 1 aliphatic carbocycles. The fraction of sp³-hybridized carbons (Fsp3) is 0.385. The van der Waals surface area contributed by atoms with Gasteiger partial charge in [0.25, 0.3) is 0 Å². The Morgan fingerprint density at radius 3 is 2.33 bits per heavy atom. The summed E-state index contributed by atoms with van der Waals surface area (Å²) in [6.07, 6.45) is 0.400.